The van der Waals surface area contributed by atoms with Crippen LogP contribution in [-0.2, 0) is 13.0 Å². The molecule has 0 radical (unpaired) electrons. The quantitative estimate of drug-likeness (QED) is 0.678. The Labute approximate surface area is 108 Å². The van der Waals surface area contributed by atoms with Crippen LogP contribution in [0.2, 0.25) is 0 Å². The molecule has 94 valence electrons. The highest BCUT2D eigenvalue weighted by Crippen LogP contribution is 2.25. The minimum Gasteiger partial charge on any atom is -0.268 e. The lowest BCUT2D eigenvalue weighted by atomic mass is 9.94. The number of hydrogen-bond acceptors (Lipinski definition) is 0. The molecule has 0 amide bonds. The summed E-state index contributed by atoms with van der Waals surface area (Å²) in [5.41, 5.74) is 5.70. The van der Waals surface area contributed by atoms with Gasteiger partial charge >= 0.3 is 0 Å². The van der Waals surface area contributed by atoms with E-state index < -0.39 is 0 Å². The first-order chi connectivity index (χ1) is 8.09. The van der Waals surface area contributed by atoms with E-state index in [1.54, 1.807) is 0 Å². The molecule has 17 heavy (non-hydrogen) atoms. The highest BCUT2D eigenvalue weighted by Gasteiger charge is 2.22. The van der Waals surface area contributed by atoms with E-state index in [1.165, 1.54) is 22.1 Å². The van der Waals surface area contributed by atoms with Crippen molar-refractivity contribution in [2.24, 2.45) is 0 Å². The number of hydrogen-bond donors (Lipinski definition) is 0. The normalized spacial score (nSPS) is 15.3. The molecule has 0 saturated carbocycles. The summed E-state index contributed by atoms with van der Waals surface area (Å²) in [7, 11) is 3.76. The minimum atomic E-state index is 0.561. The molecule has 0 aliphatic carbocycles. The van der Waals surface area contributed by atoms with Crippen molar-refractivity contribution in [1.29, 1.82) is 0 Å². The molecule has 1 aromatic rings. The van der Waals surface area contributed by atoms with E-state index in [0.29, 0.717) is 6.04 Å². The third-order valence-corrected chi connectivity index (χ3v) is 3.63. The molecule has 0 N–H and O–H groups in total. The lowest BCUT2D eigenvalue weighted by molar-refractivity contribution is 0.335. The summed E-state index contributed by atoms with van der Waals surface area (Å²) in [5, 5.41) is 0. The average molecular weight is 249 g/mol. The topological polar surface area (TPSA) is 3.24 Å². The van der Waals surface area contributed by atoms with Gasteiger partial charge in [0.15, 0.2) is 0 Å². The zero-order valence-electron chi connectivity index (χ0n) is 11.7. The van der Waals surface area contributed by atoms with Crippen molar-refractivity contribution in [2.45, 2.75) is 53.6 Å². The van der Waals surface area contributed by atoms with E-state index in [9.17, 15) is 0 Å². The van der Waals surface area contributed by atoms with Crippen molar-refractivity contribution >= 4 is 14.3 Å². The number of nitrogens with zero attached hydrogens (tertiary/aromatic N) is 1. The van der Waals surface area contributed by atoms with Gasteiger partial charge in [-0.2, -0.15) is 0 Å². The fraction of sp³-hybridized carbons (Fsp3) is 0.533. The standard InChI is InChI=1S/C13H18NP.C2H6/c1-9(2)14-8-11-6-4-5-10(3)12(11)7-13(14)15;1-2/h4-6,9,15H,7-8H2,1-3H3;1-2H3. The smallest absolute Gasteiger partial charge is 0.0287 e. The van der Waals surface area contributed by atoms with Gasteiger partial charge in [-0.15, -0.1) is 8.86 Å². The van der Waals surface area contributed by atoms with Crippen molar-refractivity contribution < 1.29 is 0 Å². The molecule has 2 heteroatoms. The molecule has 0 bridgehead atoms. The lowest BCUT2D eigenvalue weighted by Gasteiger charge is -2.34. The van der Waals surface area contributed by atoms with Crippen molar-refractivity contribution in [1.82, 2.24) is 4.90 Å². The molecule has 0 spiro atoms. The van der Waals surface area contributed by atoms with Gasteiger partial charge in [-0.1, -0.05) is 32.0 Å². The second kappa shape index (κ2) is 6.33. The monoisotopic (exact) mass is 249 g/mol. The van der Waals surface area contributed by atoms with Gasteiger partial charge in [-0.05, 0) is 37.5 Å². The van der Waals surface area contributed by atoms with E-state index in [2.05, 4.69) is 52.7 Å². The Bertz CT molecular complexity index is 396. The maximum absolute atomic E-state index is 3.76. The van der Waals surface area contributed by atoms with E-state index in [-0.39, 0.29) is 0 Å². The molecule has 2 rings (SSSR count). The van der Waals surface area contributed by atoms with Crippen LogP contribution in [0.5, 0.6) is 0 Å². The third-order valence-electron chi connectivity index (χ3n) is 3.16. The van der Waals surface area contributed by atoms with Crippen molar-refractivity contribution in [3.8, 4) is 0 Å². The average Bonchev–Trinajstić information content (AvgIpc) is 2.32. The number of benzene rings is 1. The van der Waals surface area contributed by atoms with Gasteiger partial charge in [-0.25, -0.2) is 0 Å². The van der Waals surface area contributed by atoms with E-state index in [0.717, 1.165) is 13.0 Å². The molecule has 0 aromatic heterocycles. The van der Waals surface area contributed by atoms with Crippen LogP contribution < -0.4 is 0 Å². The maximum atomic E-state index is 3.76. The molecule has 0 atom stereocenters. The fourth-order valence-corrected chi connectivity index (χ4v) is 2.72. The van der Waals surface area contributed by atoms with E-state index >= 15 is 0 Å². The van der Waals surface area contributed by atoms with Gasteiger partial charge in [0, 0.05) is 24.4 Å². The molecular formula is C15H24NP. The highest BCUT2D eigenvalue weighted by atomic mass is 31.0. The summed E-state index contributed by atoms with van der Waals surface area (Å²) in [6, 6.07) is 7.16. The summed E-state index contributed by atoms with van der Waals surface area (Å²) in [4.78, 5) is 2.42. The first-order valence-corrected chi connectivity index (χ1v) is 7.01. The van der Waals surface area contributed by atoms with E-state index in [4.69, 9.17) is 0 Å². The van der Waals surface area contributed by atoms with Gasteiger partial charge in [0.25, 0.3) is 0 Å². The van der Waals surface area contributed by atoms with Crippen LogP contribution in [0.3, 0.4) is 0 Å². The van der Waals surface area contributed by atoms with Crippen LogP contribution in [0, 0.1) is 6.92 Å². The zero-order chi connectivity index (χ0) is 13.0. The summed E-state index contributed by atoms with van der Waals surface area (Å²) in [6.07, 6.45) is 1.04. The van der Waals surface area contributed by atoms with Crippen molar-refractivity contribution in [3.63, 3.8) is 0 Å². The Morgan fingerprint density at radius 1 is 1.24 bits per heavy atom. The second-order valence-electron chi connectivity index (χ2n) is 4.56. The van der Waals surface area contributed by atoms with Crippen molar-refractivity contribution in [2.75, 3.05) is 0 Å². The van der Waals surface area contributed by atoms with Gasteiger partial charge in [0.1, 0.15) is 0 Å². The van der Waals surface area contributed by atoms with Crippen LogP contribution >= 0.6 is 8.86 Å². The first kappa shape index (κ1) is 14.4. The molecule has 1 aliphatic rings. The Morgan fingerprint density at radius 2 is 1.88 bits per heavy atom. The lowest BCUT2D eigenvalue weighted by Crippen LogP contribution is -2.39. The van der Waals surface area contributed by atoms with Crippen LogP contribution in [-0.4, -0.2) is 16.4 Å². The molecule has 0 unspecified atom stereocenters. The van der Waals surface area contributed by atoms with Crippen LogP contribution in [0.4, 0.5) is 0 Å². The van der Waals surface area contributed by atoms with E-state index in [1.807, 2.05) is 13.8 Å². The first-order valence-electron chi connectivity index (χ1n) is 6.51. The Kier molecular flexibility index (Phi) is 5.36. The van der Waals surface area contributed by atoms with Gasteiger partial charge in [-0.3, -0.25) is 4.90 Å². The third kappa shape index (κ3) is 3.18. The van der Waals surface area contributed by atoms with Gasteiger partial charge in [0.05, 0.1) is 0 Å². The molecule has 1 aromatic carbocycles. The second-order valence-corrected chi connectivity index (χ2v) is 5.13. The Morgan fingerprint density at radius 3 is 2.47 bits per heavy atom. The highest BCUT2D eigenvalue weighted by molar-refractivity contribution is 7.20. The van der Waals surface area contributed by atoms with Gasteiger partial charge < -0.3 is 0 Å². The predicted octanol–water partition coefficient (Wildman–Crippen LogP) is 4.06. The van der Waals surface area contributed by atoms with Gasteiger partial charge in [0.2, 0.25) is 0 Å². The van der Waals surface area contributed by atoms with Crippen molar-refractivity contribution in [3.05, 3.63) is 34.9 Å². The molecule has 1 heterocycles. The Balaban J connectivity index is 0.000000686. The summed E-state index contributed by atoms with van der Waals surface area (Å²) >= 11 is 0. The zero-order valence-corrected chi connectivity index (χ0v) is 12.7. The summed E-state index contributed by atoms with van der Waals surface area (Å²) < 4.78 is 0. The largest absolute Gasteiger partial charge is 0.268 e. The maximum Gasteiger partial charge on any atom is 0.0287 e. The Hall–Kier alpha value is -0.650. The summed E-state index contributed by atoms with van der Waals surface area (Å²) in [6.45, 7) is 11.7. The molecular weight excluding hydrogens is 225 g/mol. The fourth-order valence-electron chi connectivity index (χ4n) is 2.21. The summed E-state index contributed by atoms with van der Waals surface area (Å²) in [5.74, 6) is 0. The number of fused-ring (bicyclic) bond motifs is 1. The predicted molar refractivity (Wildman–Crippen MR) is 80.2 cm³/mol. The number of rotatable bonds is 1. The minimum absolute atomic E-state index is 0.561. The SMILES string of the molecule is CC.Cc1cccc2c1CC(=P)N(C(C)C)C2. The molecule has 1 aliphatic heterocycles. The van der Waals surface area contributed by atoms with Crippen LogP contribution in [0.1, 0.15) is 44.4 Å². The van der Waals surface area contributed by atoms with Crippen LogP contribution in [0.25, 0.3) is 0 Å². The molecule has 0 saturated heterocycles. The number of aryl methyl sites for hydroxylation is 1. The molecule has 1 nitrogen and oxygen atoms in total. The van der Waals surface area contributed by atoms with Crippen LogP contribution in [0.15, 0.2) is 18.2 Å². The molecule has 0 fully saturated rings.